The van der Waals surface area contributed by atoms with Crippen molar-refractivity contribution in [2.75, 3.05) is 12.4 Å². The van der Waals surface area contributed by atoms with Crippen LogP contribution in [0.25, 0.3) is 0 Å². The highest BCUT2D eigenvalue weighted by molar-refractivity contribution is 5.95. The summed E-state index contributed by atoms with van der Waals surface area (Å²) >= 11 is 0. The Morgan fingerprint density at radius 3 is 2.84 bits per heavy atom. The number of nitrogens with zero attached hydrogens (tertiary/aromatic N) is 2. The fraction of sp³-hybridized carbons (Fsp3) is 0.214. The van der Waals surface area contributed by atoms with Crippen molar-refractivity contribution < 1.29 is 4.79 Å². The van der Waals surface area contributed by atoms with Crippen LogP contribution >= 0.6 is 0 Å². The zero-order valence-electron chi connectivity index (χ0n) is 11.0. The predicted molar refractivity (Wildman–Crippen MR) is 73.9 cm³/mol. The summed E-state index contributed by atoms with van der Waals surface area (Å²) in [6, 6.07) is 5.57. The molecular formula is C14H16N4O. The molecule has 1 aromatic heterocycles. The number of nitrogens with one attached hydrogen (secondary N) is 2. The topological polar surface area (TPSA) is 66.9 Å². The van der Waals surface area contributed by atoms with Crippen molar-refractivity contribution in [1.82, 2.24) is 15.3 Å². The lowest BCUT2D eigenvalue weighted by molar-refractivity contribution is 0.0963. The summed E-state index contributed by atoms with van der Waals surface area (Å²) in [5.41, 5.74) is 3.49. The van der Waals surface area contributed by atoms with Gasteiger partial charge in [-0.15, -0.1) is 0 Å². The number of benzene rings is 1. The fourth-order valence-corrected chi connectivity index (χ4v) is 1.71. The number of rotatable bonds is 4. The Labute approximate surface area is 112 Å². The third kappa shape index (κ3) is 3.28. The first-order valence-electron chi connectivity index (χ1n) is 6.02. The number of anilines is 1. The van der Waals surface area contributed by atoms with E-state index in [1.807, 2.05) is 25.1 Å². The first kappa shape index (κ1) is 13.0. The highest BCUT2D eigenvalue weighted by Gasteiger charge is 2.06. The SMILES string of the molecule is CNC(=O)c1ccc(C)c(NCc2cnccn2)c1. The van der Waals surface area contributed by atoms with Gasteiger partial charge in [0, 0.05) is 30.7 Å². The van der Waals surface area contributed by atoms with Crippen molar-refractivity contribution in [1.29, 1.82) is 0 Å². The Bertz CT molecular complexity index is 569. The fourth-order valence-electron chi connectivity index (χ4n) is 1.71. The highest BCUT2D eigenvalue weighted by atomic mass is 16.1. The molecule has 0 unspecified atom stereocenters. The quantitative estimate of drug-likeness (QED) is 0.874. The van der Waals surface area contributed by atoms with E-state index < -0.39 is 0 Å². The molecule has 19 heavy (non-hydrogen) atoms. The Kier molecular flexibility index (Phi) is 4.07. The minimum absolute atomic E-state index is 0.0949. The molecule has 1 amide bonds. The number of aryl methyl sites for hydroxylation is 1. The van der Waals surface area contributed by atoms with Crippen LogP contribution in [0.4, 0.5) is 5.69 Å². The lowest BCUT2D eigenvalue weighted by atomic mass is 10.1. The van der Waals surface area contributed by atoms with Gasteiger partial charge >= 0.3 is 0 Å². The summed E-state index contributed by atoms with van der Waals surface area (Å²) in [5.74, 6) is -0.0949. The van der Waals surface area contributed by atoms with Crippen molar-refractivity contribution in [3.8, 4) is 0 Å². The van der Waals surface area contributed by atoms with Crippen LogP contribution in [0.5, 0.6) is 0 Å². The average Bonchev–Trinajstić information content (AvgIpc) is 2.46. The van der Waals surface area contributed by atoms with Gasteiger partial charge in [-0.25, -0.2) is 0 Å². The molecule has 2 aromatic rings. The summed E-state index contributed by atoms with van der Waals surface area (Å²) < 4.78 is 0. The first-order chi connectivity index (χ1) is 9.20. The van der Waals surface area contributed by atoms with Crippen LogP contribution in [0.15, 0.2) is 36.8 Å². The van der Waals surface area contributed by atoms with Gasteiger partial charge in [-0.3, -0.25) is 14.8 Å². The molecule has 2 rings (SSSR count). The zero-order chi connectivity index (χ0) is 13.7. The van der Waals surface area contributed by atoms with E-state index in [1.54, 1.807) is 25.6 Å². The Morgan fingerprint density at radius 2 is 2.16 bits per heavy atom. The van der Waals surface area contributed by atoms with Crippen LogP contribution in [0.1, 0.15) is 21.6 Å². The van der Waals surface area contributed by atoms with Gasteiger partial charge in [-0.1, -0.05) is 6.07 Å². The number of aromatic nitrogens is 2. The van der Waals surface area contributed by atoms with E-state index in [-0.39, 0.29) is 5.91 Å². The minimum Gasteiger partial charge on any atom is -0.379 e. The van der Waals surface area contributed by atoms with Gasteiger partial charge in [0.1, 0.15) is 0 Å². The Hall–Kier alpha value is -2.43. The third-order valence-electron chi connectivity index (χ3n) is 2.80. The van der Waals surface area contributed by atoms with Crippen molar-refractivity contribution in [2.45, 2.75) is 13.5 Å². The lowest BCUT2D eigenvalue weighted by Crippen LogP contribution is -2.18. The molecule has 0 fully saturated rings. The number of carbonyl (C=O) groups excluding carboxylic acids is 1. The van der Waals surface area contributed by atoms with E-state index in [1.165, 1.54) is 0 Å². The van der Waals surface area contributed by atoms with Crippen LogP contribution in [0.3, 0.4) is 0 Å². The predicted octanol–water partition coefficient (Wildman–Crippen LogP) is 1.76. The second kappa shape index (κ2) is 5.95. The molecule has 2 N–H and O–H groups in total. The molecule has 5 nitrogen and oxygen atoms in total. The van der Waals surface area contributed by atoms with Gasteiger partial charge in [-0.05, 0) is 24.6 Å². The van der Waals surface area contributed by atoms with E-state index in [4.69, 9.17) is 0 Å². The van der Waals surface area contributed by atoms with Gasteiger partial charge in [0.25, 0.3) is 5.91 Å². The normalized spacial score (nSPS) is 10.0. The molecule has 0 saturated carbocycles. The van der Waals surface area contributed by atoms with Gasteiger partial charge in [0.05, 0.1) is 18.4 Å². The number of amides is 1. The van der Waals surface area contributed by atoms with E-state index in [0.29, 0.717) is 12.1 Å². The number of carbonyl (C=O) groups is 1. The van der Waals surface area contributed by atoms with Gasteiger partial charge in [-0.2, -0.15) is 0 Å². The molecule has 5 heteroatoms. The molecule has 0 aliphatic rings. The molecule has 98 valence electrons. The molecule has 0 radical (unpaired) electrons. The van der Waals surface area contributed by atoms with Crippen LogP contribution in [-0.2, 0) is 6.54 Å². The Balaban J connectivity index is 2.13. The third-order valence-corrected chi connectivity index (χ3v) is 2.80. The maximum absolute atomic E-state index is 11.6. The largest absolute Gasteiger partial charge is 0.379 e. The molecule has 1 heterocycles. The van der Waals surface area contributed by atoms with Gasteiger partial charge in [0.2, 0.25) is 0 Å². The minimum atomic E-state index is -0.0949. The van der Waals surface area contributed by atoms with Gasteiger partial charge < -0.3 is 10.6 Å². The number of hydrogen-bond acceptors (Lipinski definition) is 4. The van der Waals surface area contributed by atoms with Crippen LogP contribution in [0, 0.1) is 6.92 Å². The summed E-state index contributed by atoms with van der Waals surface area (Å²) in [6.45, 7) is 2.57. The van der Waals surface area contributed by atoms with Crippen molar-refractivity contribution in [3.05, 3.63) is 53.6 Å². The van der Waals surface area contributed by atoms with E-state index in [0.717, 1.165) is 16.9 Å². The lowest BCUT2D eigenvalue weighted by Gasteiger charge is -2.10. The van der Waals surface area contributed by atoms with Gasteiger partial charge in [0.15, 0.2) is 0 Å². The summed E-state index contributed by atoms with van der Waals surface area (Å²) in [5, 5.41) is 5.88. The molecule has 0 saturated heterocycles. The smallest absolute Gasteiger partial charge is 0.251 e. The van der Waals surface area contributed by atoms with E-state index >= 15 is 0 Å². The summed E-state index contributed by atoms with van der Waals surface area (Å²) in [7, 11) is 1.62. The first-order valence-corrected chi connectivity index (χ1v) is 6.02. The van der Waals surface area contributed by atoms with E-state index in [9.17, 15) is 4.79 Å². The molecular weight excluding hydrogens is 240 g/mol. The zero-order valence-corrected chi connectivity index (χ0v) is 11.0. The summed E-state index contributed by atoms with van der Waals surface area (Å²) in [6.07, 6.45) is 5.01. The highest BCUT2D eigenvalue weighted by Crippen LogP contribution is 2.17. The maximum Gasteiger partial charge on any atom is 0.251 e. The van der Waals surface area contributed by atoms with Crippen molar-refractivity contribution in [3.63, 3.8) is 0 Å². The van der Waals surface area contributed by atoms with Crippen LogP contribution < -0.4 is 10.6 Å². The Morgan fingerprint density at radius 1 is 1.32 bits per heavy atom. The molecule has 1 aromatic carbocycles. The van der Waals surface area contributed by atoms with Crippen molar-refractivity contribution in [2.24, 2.45) is 0 Å². The van der Waals surface area contributed by atoms with Crippen LogP contribution in [-0.4, -0.2) is 22.9 Å². The maximum atomic E-state index is 11.6. The van der Waals surface area contributed by atoms with Crippen LogP contribution in [0.2, 0.25) is 0 Å². The van der Waals surface area contributed by atoms with Crippen molar-refractivity contribution >= 4 is 11.6 Å². The summed E-state index contributed by atoms with van der Waals surface area (Å²) in [4.78, 5) is 19.8. The second-order valence-electron chi connectivity index (χ2n) is 4.16. The number of hydrogen-bond donors (Lipinski definition) is 2. The molecule has 0 aliphatic heterocycles. The van der Waals surface area contributed by atoms with E-state index in [2.05, 4.69) is 20.6 Å². The molecule has 0 aliphatic carbocycles. The average molecular weight is 256 g/mol. The second-order valence-corrected chi connectivity index (χ2v) is 4.16. The molecule has 0 spiro atoms. The standard InChI is InChI=1S/C14H16N4O/c1-10-3-4-11(14(19)15-2)7-13(10)18-9-12-8-16-5-6-17-12/h3-8,18H,9H2,1-2H3,(H,15,19). The molecule has 0 bridgehead atoms. The molecule has 0 atom stereocenters. The monoisotopic (exact) mass is 256 g/mol.